The Bertz CT molecular complexity index is 203. The summed E-state index contributed by atoms with van der Waals surface area (Å²) in [6.07, 6.45) is 0. The summed E-state index contributed by atoms with van der Waals surface area (Å²) in [5.41, 5.74) is 0. The molecule has 0 bridgehead atoms. The first kappa shape index (κ1) is 8.18. The molecule has 0 aliphatic carbocycles. The predicted molar refractivity (Wildman–Crippen MR) is 50.4 cm³/mol. The zero-order valence-electron chi connectivity index (χ0n) is 6.89. The lowest BCUT2D eigenvalue weighted by molar-refractivity contribution is 1.46. The molecule has 0 aliphatic rings. The first-order valence-corrected chi connectivity index (χ1v) is 5.18. The summed E-state index contributed by atoms with van der Waals surface area (Å²) in [6, 6.07) is 0. The molecule has 10 heavy (non-hydrogen) atoms. The summed E-state index contributed by atoms with van der Waals surface area (Å²) in [5, 5.41) is 6.13. The van der Waals surface area contributed by atoms with E-state index in [9.17, 15) is 0 Å². The van der Waals surface area contributed by atoms with Crippen molar-refractivity contribution in [3.63, 3.8) is 0 Å². The second-order valence-corrected chi connectivity index (χ2v) is 5.70. The van der Waals surface area contributed by atoms with Crippen LogP contribution in [-0.4, -0.2) is 0 Å². The van der Waals surface area contributed by atoms with Gasteiger partial charge in [-0.2, -0.15) is 0 Å². The van der Waals surface area contributed by atoms with Crippen LogP contribution in [0.3, 0.4) is 0 Å². The molecule has 0 aromatic carbocycles. The zero-order chi connectivity index (χ0) is 7.72. The van der Waals surface area contributed by atoms with E-state index in [4.69, 9.17) is 0 Å². The highest BCUT2D eigenvalue weighted by molar-refractivity contribution is 7.39. The fourth-order valence-corrected chi connectivity index (χ4v) is 3.08. The molecule has 54 valence electrons. The van der Waals surface area contributed by atoms with Crippen LogP contribution in [0.15, 0.2) is 0 Å². The first-order chi connectivity index (χ1) is 4.61. The van der Waals surface area contributed by atoms with E-state index in [1.54, 1.807) is 0 Å². The van der Waals surface area contributed by atoms with Gasteiger partial charge in [0, 0.05) is 0 Å². The fourth-order valence-electron chi connectivity index (χ4n) is 0.827. The molecule has 1 aromatic rings. The molecule has 0 nitrogen and oxygen atoms in total. The van der Waals surface area contributed by atoms with Gasteiger partial charge >= 0.3 is 0 Å². The van der Waals surface area contributed by atoms with E-state index in [2.05, 4.69) is 27.7 Å². The molecule has 1 heterocycles. The third kappa shape index (κ3) is 1.57. The molecule has 0 radical (unpaired) electrons. The summed E-state index contributed by atoms with van der Waals surface area (Å²) in [5.74, 6) is 0. The topological polar surface area (TPSA) is 0 Å². The van der Waals surface area contributed by atoms with Crippen molar-refractivity contribution >= 4 is 16.4 Å². The van der Waals surface area contributed by atoms with E-state index in [0.717, 1.165) is 0 Å². The molecular formula is C8H12P2. The van der Waals surface area contributed by atoms with Crippen molar-refractivity contribution in [2.75, 3.05) is 0 Å². The van der Waals surface area contributed by atoms with Crippen LogP contribution in [0.5, 0.6) is 0 Å². The average Bonchev–Trinajstić information content (AvgIpc) is 1.84. The van der Waals surface area contributed by atoms with Gasteiger partial charge in [-0.15, -0.1) is 0 Å². The number of hydrogen-bond acceptors (Lipinski definition) is 0. The maximum Gasteiger partial charge on any atom is -0.0160 e. The largest absolute Gasteiger partial charge is 0.0687 e. The van der Waals surface area contributed by atoms with E-state index < -0.39 is 0 Å². The van der Waals surface area contributed by atoms with Gasteiger partial charge in [-0.05, 0) is 48.9 Å². The quantitative estimate of drug-likeness (QED) is 0.550. The van der Waals surface area contributed by atoms with Crippen molar-refractivity contribution in [2.45, 2.75) is 27.7 Å². The van der Waals surface area contributed by atoms with Gasteiger partial charge in [0.25, 0.3) is 0 Å². The number of hydrogen-bond donors (Lipinski definition) is 0. The standard InChI is InChI=1S/C8H12P2/c1-5-6(2)10-8(4)7(3)9-5/h1-4H3. The summed E-state index contributed by atoms with van der Waals surface area (Å²) >= 11 is 0. The molecule has 2 heteroatoms. The van der Waals surface area contributed by atoms with Crippen molar-refractivity contribution in [3.8, 4) is 0 Å². The van der Waals surface area contributed by atoms with Gasteiger partial charge in [-0.1, -0.05) is 16.4 Å². The molecule has 1 aromatic heterocycles. The van der Waals surface area contributed by atoms with Crippen LogP contribution in [-0.2, 0) is 0 Å². The molecule has 0 fully saturated rings. The Kier molecular flexibility index (Phi) is 2.45. The Morgan fingerprint density at radius 3 is 1.00 bits per heavy atom. The van der Waals surface area contributed by atoms with Crippen LogP contribution in [0.1, 0.15) is 21.2 Å². The van der Waals surface area contributed by atoms with Gasteiger partial charge in [0.15, 0.2) is 0 Å². The molecule has 0 atom stereocenters. The van der Waals surface area contributed by atoms with Crippen LogP contribution in [0.4, 0.5) is 0 Å². The maximum absolute atomic E-state index is 2.22. The van der Waals surface area contributed by atoms with Gasteiger partial charge in [0.05, 0.1) is 0 Å². The van der Waals surface area contributed by atoms with Crippen LogP contribution < -0.4 is 0 Å². The van der Waals surface area contributed by atoms with Crippen LogP contribution in [0.25, 0.3) is 0 Å². The van der Waals surface area contributed by atoms with E-state index in [1.165, 1.54) is 37.6 Å². The molecule has 0 aliphatic heterocycles. The molecule has 0 saturated heterocycles. The van der Waals surface area contributed by atoms with E-state index >= 15 is 0 Å². The summed E-state index contributed by atoms with van der Waals surface area (Å²) < 4.78 is 0. The SMILES string of the molecule is Cc1pc(C)c(C)pc1C. The summed E-state index contributed by atoms with van der Waals surface area (Å²) in [6.45, 7) is 8.89. The molecular weight excluding hydrogens is 158 g/mol. The average molecular weight is 170 g/mol. The molecule has 1 rings (SSSR count). The van der Waals surface area contributed by atoms with Crippen molar-refractivity contribution in [1.82, 2.24) is 0 Å². The molecule has 0 spiro atoms. The molecule has 0 amide bonds. The van der Waals surface area contributed by atoms with Crippen LogP contribution >= 0.6 is 16.4 Å². The highest BCUT2D eigenvalue weighted by Gasteiger charge is 1.97. The van der Waals surface area contributed by atoms with Gasteiger partial charge in [0.1, 0.15) is 0 Å². The maximum atomic E-state index is 2.22. The lowest BCUT2D eigenvalue weighted by atomic mass is 10.5. The third-order valence-electron chi connectivity index (χ3n) is 1.72. The van der Waals surface area contributed by atoms with Gasteiger partial charge in [-0.3, -0.25) is 0 Å². The zero-order valence-corrected chi connectivity index (χ0v) is 8.68. The van der Waals surface area contributed by atoms with E-state index in [-0.39, 0.29) is 0 Å². The summed E-state index contributed by atoms with van der Waals surface area (Å²) in [7, 11) is 2.87. The highest BCUT2D eigenvalue weighted by Crippen LogP contribution is 2.32. The van der Waals surface area contributed by atoms with Crippen molar-refractivity contribution < 1.29 is 0 Å². The Balaban J connectivity index is 3.28. The number of rotatable bonds is 0. The Morgan fingerprint density at radius 2 is 0.800 bits per heavy atom. The second kappa shape index (κ2) is 2.99. The molecule has 0 N–H and O–H groups in total. The highest BCUT2D eigenvalue weighted by atomic mass is 31.0. The normalized spacial score (nSPS) is 11.6. The van der Waals surface area contributed by atoms with Gasteiger partial charge < -0.3 is 0 Å². The number of aryl methyl sites for hydroxylation is 4. The minimum atomic E-state index is 1.44. The monoisotopic (exact) mass is 170 g/mol. The lowest BCUT2D eigenvalue weighted by Gasteiger charge is -2.02. The predicted octanol–water partition coefficient (Wildman–Crippen LogP) is 4.08. The van der Waals surface area contributed by atoms with Crippen molar-refractivity contribution in [2.24, 2.45) is 0 Å². The van der Waals surface area contributed by atoms with Crippen molar-refractivity contribution in [3.05, 3.63) is 21.2 Å². The fraction of sp³-hybridized carbons (Fsp3) is 0.500. The molecule has 0 saturated carbocycles. The van der Waals surface area contributed by atoms with Crippen LogP contribution in [0, 0.1) is 27.7 Å². The van der Waals surface area contributed by atoms with Gasteiger partial charge in [-0.25, -0.2) is 0 Å². The Labute approximate surface area is 65.9 Å². The van der Waals surface area contributed by atoms with Crippen LogP contribution in [0.2, 0.25) is 0 Å². The first-order valence-electron chi connectivity index (χ1n) is 3.39. The van der Waals surface area contributed by atoms with E-state index in [1.807, 2.05) is 0 Å². The Hall–Kier alpha value is 0.0800. The van der Waals surface area contributed by atoms with Crippen molar-refractivity contribution in [1.29, 1.82) is 0 Å². The lowest BCUT2D eigenvalue weighted by Crippen LogP contribution is -1.74. The molecule has 0 unspecified atom stereocenters. The Morgan fingerprint density at radius 1 is 0.600 bits per heavy atom. The summed E-state index contributed by atoms with van der Waals surface area (Å²) in [4.78, 5) is 0. The third-order valence-corrected chi connectivity index (χ3v) is 4.75. The smallest absolute Gasteiger partial charge is 0.0160 e. The minimum absolute atomic E-state index is 1.44. The second-order valence-electron chi connectivity index (χ2n) is 2.57. The van der Waals surface area contributed by atoms with E-state index in [0.29, 0.717) is 0 Å². The minimum Gasteiger partial charge on any atom is -0.0687 e. The van der Waals surface area contributed by atoms with Gasteiger partial charge in [0.2, 0.25) is 0 Å².